The lowest BCUT2D eigenvalue weighted by molar-refractivity contribution is -0.128. The molecule has 0 bridgehead atoms. The Labute approximate surface area is 158 Å². The van der Waals surface area contributed by atoms with Crippen LogP contribution in [-0.4, -0.2) is 57.0 Å². The molecule has 1 aromatic carbocycles. The minimum atomic E-state index is -0.510. The first-order chi connectivity index (χ1) is 12.4. The topological polar surface area (TPSA) is 68.8 Å². The summed E-state index contributed by atoms with van der Waals surface area (Å²) in [6, 6.07) is 10.8. The fourth-order valence-corrected chi connectivity index (χ4v) is 2.93. The number of hydrogen-bond acceptors (Lipinski definition) is 3. The van der Waals surface area contributed by atoms with Gasteiger partial charge in [-0.25, -0.2) is 0 Å². The van der Waals surface area contributed by atoms with Crippen molar-refractivity contribution in [2.45, 2.75) is 33.7 Å². The molecule has 6 heteroatoms. The zero-order chi connectivity index (χ0) is 19.6. The largest absolute Gasteiger partial charge is 0.359 e. The van der Waals surface area contributed by atoms with Gasteiger partial charge < -0.3 is 16.0 Å². The Bertz CT molecular complexity index is 567. The van der Waals surface area contributed by atoms with Crippen LogP contribution in [0.1, 0.15) is 39.3 Å². The molecule has 1 unspecified atom stereocenters. The van der Waals surface area contributed by atoms with Gasteiger partial charge in [0.25, 0.3) is 0 Å². The summed E-state index contributed by atoms with van der Waals surface area (Å²) in [6.45, 7) is 11.4. The number of rotatable bonds is 9. The van der Waals surface area contributed by atoms with Crippen LogP contribution in [0.3, 0.4) is 0 Å². The first kappa shape index (κ1) is 22.0. The summed E-state index contributed by atoms with van der Waals surface area (Å²) in [5.41, 5.74) is 0.772. The molecule has 0 aliphatic heterocycles. The molecular formula is C20H35N5O. The molecular weight excluding hydrogens is 326 g/mol. The van der Waals surface area contributed by atoms with Crippen LogP contribution < -0.4 is 16.0 Å². The van der Waals surface area contributed by atoms with Crippen molar-refractivity contribution < 1.29 is 4.79 Å². The number of aliphatic imine (C=N–C) groups is 1. The van der Waals surface area contributed by atoms with Crippen molar-refractivity contribution in [1.29, 1.82) is 0 Å². The number of guanidine groups is 1. The predicted octanol–water partition coefficient (Wildman–Crippen LogP) is 2.01. The van der Waals surface area contributed by atoms with Gasteiger partial charge in [0.15, 0.2) is 5.96 Å². The number of hydrogen-bond donors (Lipinski definition) is 3. The normalized spacial score (nSPS) is 13.4. The fourth-order valence-electron chi connectivity index (χ4n) is 2.93. The average Bonchev–Trinajstić information content (AvgIpc) is 2.67. The van der Waals surface area contributed by atoms with Crippen molar-refractivity contribution in [2.24, 2.45) is 10.4 Å². The van der Waals surface area contributed by atoms with Crippen molar-refractivity contribution in [3.8, 4) is 0 Å². The Kier molecular flexibility index (Phi) is 9.13. The second kappa shape index (κ2) is 10.8. The third kappa shape index (κ3) is 6.33. The van der Waals surface area contributed by atoms with Crippen molar-refractivity contribution >= 4 is 11.9 Å². The molecule has 0 radical (unpaired) electrons. The van der Waals surface area contributed by atoms with Crippen molar-refractivity contribution in [1.82, 2.24) is 20.9 Å². The molecule has 146 valence electrons. The number of carbonyl (C=O) groups excluding carboxylic acids is 1. The number of carbonyl (C=O) groups is 1. The van der Waals surface area contributed by atoms with E-state index in [1.54, 1.807) is 14.1 Å². The quantitative estimate of drug-likeness (QED) is 0.465. The van der Waals surface area contributed by atoms with E-state index in [0.717, 1.165) is 19.6 Å². The zero-order valence-electron chi connectivity index (χ0n) is 17.1. The summed E-state index contributed by atoms with van der Waals surface area (Å²) in [6.07, 6.45) is 0. The Morgan fingerprint density at radius 2 is 1.77 bits per heavy atom. The van der Waals surface area contributed by atoms with E-state index >= 15 is 0 Å². The third-order valence-electron chi connectivity index (χ3n) is 4.66. The maximum absolute atomic E-state index is 11.9. The van der Waals surface area contributed by atoms with Crippen LogP contribution in [0.2, 0.25) is 0 Å². The standard InChI is InChI=1S/C20H35N5O/c1-7-25(8-2)17(16-12-10-9-11-13-16)14-23-19(22-6)24-15-20(3,4)18(26)21-5/h9-13,17H,7-8,14-15H2,1-6H3,(H,21,26)(H2,22,23,24). The van der Waals surface area contributed by atoms with Crippen molar-refractivity contribution in [3.63, 3.8) is 0 Å². The van der Waals surface area contributed by atoms with Crippen LogP contribution in [0, 0.1) is 5.41 Å². The summed E-state index contributed by atoms with van der Waals surface area (Å²) < 4.78 is 0. The molecule has 6 nitrogen and oxygen atoms in total. The smallest absolute Gasteiger partial charge is 0.227 e. The SMILES string of the molecule is CCN(CC)C(CNC(=NC)NCC(C)(C)C(=O)NC)c1ccccc1. The minimum absolute atomic E-state index is 0.00533. The van der Waals surface area contributed by atoms with E-state index in [2.05, 4.69) is 64.0 Å². The van der Waals surface area contributed by atoms with Crippen molar-refractivity contribution in [3.05, 3.63) is 35.9 Å². The number of likely N-dealkylation sites (N-methyl/N-ethyl adjacent to an activating group) is 1. The summed E-state index contributed by atoms with van der Waals surface area (Å²) >= 11 is 0. The van der Waals surface area contributed by atoms with Gasteiger partial charge in [0, 0.05) is 27.2 Å². The van der Waals surface area contributed by atoms with Gasteiger partial charge in [-0.2, -0.15) is 0 Å². The maximum atomic E-state index is 11.9. The summed E-state index contributed by atoms with van der Waals surface area (Å²) in [5.74, 6) is 0.709. The average molecular weight is 362 g/mol. The number of nitrogens with zero attached hydrogens (tertiary/aromatic N) is 2. The van der Waals surface area contributed by atoms with E-state index in [1.165, 1.54) is 5.56 Å². The molecule has 0 aliphatic carbocycles. The van der Waals surface area contributed by atoms with Crippen LogP contribution >= 0.6 is 0 Å². The molecule has 0 aromatic heterocycles. The van der Waals surface area contributed by atoms with E-state index < -0.39 is 5.41 Å². The lowest BCUT2D eigenvalue weighted by atomic mass is 9.92. The fraction of sp³-hybridized carbons (Fsp3) is 0.600. The molecule has 1 rings (SSSR count). The highest BCUT2D eigenvalue weighted by Crippen LogP contribution is 2.19. The molecule has 1 atom stereocenters. The van der Waals surface area contributed by atoms with Crippen LogP contribution in [0.5, 0.6) is 0 Å². The van der Waals surface area contributed by atoms with Crippen LogP contribution in [0.15, 0.2) is 35.3 Å². The molecule has 26 heavy (non-hydrogen) atoms. The van der Waals surface area contributed by atoms with Gasteiger partial charge in [0.05, 0.1) is 11.5 Å². The highest BCUT2D eigenvalue weighted by Gasteiger charge is 2.27. The van der Waals surface area contributed by atoms with Gasteiger partial charge >= 0.3 is 0 Å². The number of amides is 1. The number of nitrogens with one attached hydrogen (secondary N) is 3. The van der Waals surface area contributed by atoms with Crippen LogP contribution in [-0.2, 0) is 4.79 Å². The predicted molar refractivity (Wildman–Crippen MR) is 109 cm³/mol. The Hall–Kier alpha value is -2.08. The second-order valence-corrected chi connectivity index (χ2v) is 6.92. The van der Waals surface area contributed by atoms with E-state index in [0.29, 0.717) is 12.5 Å². The Morgan fingerprint density at radius 3 is 2.27 bits per heavy atom. The van der Waals surface area contributed by atoms with E-state index in [-0.39, 0.29) is 11.9 Å². The van der Waals surface area contributed by atoms with Gasteiger partial charge in [-0.05, 0) is 32.5 Å². The zero-order valence-corrected chi connectivity index (χ0v) is 17.1. The Morgan fingerprint density at radius 1 is 1.15 bits per heavy atom. The first-order valence-electron chi connectivity index (χ1n) is 9.35. The molecule has 0 saturated heterocycles. The molecule has 3 N–H and O–H groups in total. The summed E-state index contributed by atoms with van der Waals surface area (Å²) in [7, 11) is 3.41. The first-order valence-corrected chi connectivity index (χ1v) is 9.35. The maximum Gasteiger partial charge on any atom is 0.227 e. The van der Waals surface area contributed by atoms with Crippen molar-refractivity contribution in [2.75, 3.05) is 40.3 Å². The van der Waals surface area contributed by atoms with E-state index in [1.807, 2.05) is 19.9 Å². The molecule has 0 aliphatic rings. The van der Waals surface area contributed by atoms with Crippen LogP contribution in [0.25, 0.3) is 0 Å². The third-order valence-corrected chi connectivity index (χ3v) is 4.66. The Balaban J connectivity index is 2.75. The van der Waals surface area contributed by atoms with E-state index in [4.69, 9.17) is 0 Å². The highest BCUT2D eigenvalue weighted by molar-refractivity contribution is 5.84. The molecule has 0 spiro atoms. The molecule has 0 heterocycles. The number of benzene rings is 1. The summed E-state index contributed by atoms with van der Waals surface area (Å²) in [4.78, 5) is 18.7. The molecule has 0 saturated carbocycles. The lowest BCUT2D eigenvalue weighted by Gasteiger charge is -2.31. The van der Waals surface area contributed by atoms with Gasteiger partial charge in [0.1, 0.15) is 0 Å². The monoisotopic (exact) mass is 361 g/mol. The van der Waals surface area contributed by atoms with Gasteiger partial charge in [0.2, 0.25) is 5.91 Å². The van der Waals surface area contributed by atoms with Gasteiger partial charge in [-0.15, -0.1) is 0 Å². The molecule has 1 amide bonds. The van der Waals surface area contributed by atoms with Gasteiger partial charge in [-0.3, -0.25) is 14.7 Å². The second-order valence-electron chi connectivity index (χ2n) is 6.92. The minimum Gasteiger partial charge on any atom is -0.359 e. The van der Waals surface area contributed by atoms with Gasteiger partial charge in [-0.1, -0.05) is 44.2 Å². The highest BCUT2D eigenvalue weighted by atomic mass is 16.2. The molecule has 1 aromatic rings. The lowest BCUT2D eigenvalue weighted by Crippen LogP contribution is -2.48. The summed E-state index contributed by atoms with van der Waals surface area (Å²) in [5, 5.41) is 9.38. The van der Waals surface area contributed by atoms with E-state index in [9.17, 15) is 4.79 Å². The van der Waals surface area contributed by atoms with Crippen LogP contribution in [0.4, 0.5) is 0 Å². The molecule has 0 fully saturated rings.